The van der Waals surface area contributed by atoms with Gasteiger partial charge in [-0.3, -0.25) is 0 Å². The van der Waals surface area contributed by atoms with E-state index < -0.39 is 6.10 Å². The van der Waals surface area contributed by atoms with Crippen LogP contribution in [0.3, 0.4) is 0 Å². The zero-order valence-electron chi connectivity index (χ0n) is 11.1. The van der Waals surface area contributed by atoms with Gasteiger partial charge in [0.25, 0.3) is 0 Å². The number of aliphatic hydroxyl groups excluding tert-OH is 1. The Hall–Kier alpha value is -0.770. The van der Waals surface area contributed by atoms with E-state index in [1.807, 2.05) is 12.1 Å². The molecule has 0 aliphatic heterocycles. The Morgan fingerprint density at radius 2 is 2.00 bits per heavy atom. The first kappa shape index (κ1) is 14.6. The van der Waals surface area contributed by atoms with Gasteiger partial charge in [0.2, 0.25) is 0 Å². The molecule has 1 unspecified atom stereocenters. The van der Waals surface area contributed by atoms with E-state index in [0.717, 1.165) is 20.7 Å². The van der Waals surface area contributed by atoms with E-state index in [4.69, 9.17) is 0 Å². The van der Waals surface area contributed by atoms with Gasteiger partial charge in [0.1, 0.15) is 0 Å². The van der Waals surface area contributed by atoms with Crippen molar-refractivity contribution in [1.29, 1.82) is 0 Å². The number of hydrogen-bond acceptors (Lipinski definition) is 2. The quantitative estimate of drug-likeness (QED) is 0.783. The normalized spacial score (nSPS) is 12.4. The number of halogens is 1. The molecule has 1 atom stereocenters. The third-order valence-corrected chi connectivity index (χ3v) is 4.54. The summed E-state index contributed by atoms with van der Waals surface area (Å²) in [4.78, 5) is 1.13. The smallest absolute Gasteiger partial charge is 0.0772 e. The maximum Gasteiger partial charge on any atom is 0.0772 e. The fraction of sp³-hybridized carbons (Fsp3) is 0.250. The minimum Gasteiger partial charge on any atom is -0.389 e. The number of thioether (sulfide) groups is 1. The number of aryl methyl sites for hydroxylation is 1. The fourth-order valence-electron chi connectivity index (χ4n) is 1.94. The second kappa shape index (κ2) is 6.60. The molecule has 1 nitrogen and oxygen atoms in total. The summed E-state index contributed by atoms with van der Waals surface area (Å²) in [7, 11) is 0. The standard InChI is InChI=1S/C16H17BrOS/c1-11-4-3-5-13(8-11)10-19-16-9-14(17)6-7-15(16)12(2)18/h3-9,12,18H,10H2,1-2H3. The Kier molecular flexibility index (Phi) is 5.08. The van der Waals surface area contributed by atoms with Gasteiger partial charge >= 0.3 is 0 Å². The monoisotopic (exact) mass is 336 g/mol. The summed E-state index contributed by atoms with van der Waals surface area (Å²) in [5.41, 5.74) is 3.57. The van der Waals surface area contributed by atoms with E-state index in [-0.39, 0.29) is 0 Å². The summed E-state index contributed by atoms with van der Waals surface area (Å²) in [6, 6.07) is 14.6. The Morgan fingerprint density at radius 3 is 2.68 bits per heavy atom. The van der Waals surface area contributed by atoms with E-state index in [1.54, 1.807) is 18.7 Å². The maximum atomic E-state index is 9.81. The summed E-state index contributed by atoms with van der Waals surface area (Å²) in [6.07, 6.45) is -0.437. The molecule has 100 valence electrons. The topological polar surface area (TPSA) is 20.2 Å². The van der Waals surface area contributed by atoms with Gasteiger partial charge < -0.3 is 5.11 Å². The van der Waals surface area contributed by atoms with Gasteiger partial charge in [0.05, 0.1) is 6.10 Å². The molecule has 2 aromatic carbocycles. The number of rotatable bonds is 4. The number of hydrogen-bond donors (Lipinski definition) is 1. The van der Waals surface area contributed by atoms with Crippen LogP contribution in [0.5, 0.6) is 0 Å². The lowest BCUT2D eigenvalue weighted by Gasteiger charge is -2.12. The van der Waals surface area contributed by atoms with Gasteiger partial charge in [-0.05, 0) is 37.1 Å². The fourth-order valence-corrected chi connectivity index (χ4v) is 3.57. The van der Waals surface area contributed by atoms with Gasteiger partial charge in [-0.2, -0.15) is 0 Å². The van der Waals surface area contributed by atoms with E-state index in [1.165, 1.54) is 11.1 Å². The summed E-state index contributed by atoms with van der Waals surface area (Å²) in [5, 5.41) is 9.81. The van der Waals surface area contributed by atoms with E-state index in [9.17, 15) is 5.11 Å². The first-order chi connectivity index (χ1) is 9.06. The van der Waals surface area contributed by atoms with Crippen molar-refractivity contribution >= 4 is 27.7 Å². The Labute approximate surface area is 127 Å². The molecular weight excluding hydrogens is 320 g/mol. The molecule has 0 saturated carbocycles. The van der Waals surface area contributed by atoms with Crippen LogP contribution in [0.1, 0.15) is 29.7 Å². The largest absolute Gasteiger partial charge is 0.389 e. The molecule has 0 radical (unpaired) electrons. The average Bonchev–Trinajstić information content (AvgIpc) is 2.36. The molecule has 2 aromatic rings. The van der Waals surface area contributed by atoms with Gasteiger partial charge in [-0.1, -0.05) is 51.8 Å². The third kappa shape index (κ3) is 4.10. The lowest BCUT2D eigenvalue weighted by atomic mass is 10.1. The minimum atomic E-state index is -0.437. The van der Waals surface area contributed by atoms with Crippen LogP contribution in [-0.2, 0) is 5.75 Å². The Balaban J connectivity index is 2.17. The summed E-state index contributed by atoms with van der Waals surface area (Å²) < 4.78 is 1.05. The van der Waals surface area contributed by atoms with Gasteiger partial charge in [-0.15, -0.1) is 11.8 Å². The molecule has 0 heterocycles. The molecule has 19 heavy (non-hydrogen) atoms. The number of benzene rings is 2. The summed E-state index contributed by atoms with van der Waals surface area (Å²) in [5.74, 6) is 0.915. The highest BCUT2D eigenvalue weighted by atomic mass is 79.9. The molecular formula is C16H17BrOS. The van der Waals surface area contributed by atoms with Crippen LogP contribution in [0.2, 0.25) is 0 Å². The van der Waals surface area contributed by atoms with E-state index >= 15 is 0 Å². The molecule has 0 aromatic heterocycles. The highest BCUT2D eigenvalue weighted by Crippen LogP contribution is 2.32. The molecule has 0 aliphatic rings. The zero-order valence-corrected chi connectivity index (χ0v) is 13.5. The van der Waals surface area contributed by atoms with Crippen molar-refractivity contribution in [2.24, 2.45) is 0 Å². The van der Waals surface area contributed by atoms with Crippen LogP contribution in [0.4, 0.5) is 0 Å². The highest BCUT2D eigenvalue weighted by molar-refractivity contribution is 9.10. The molecule has 0 saturated heterocycles. The Bertz CT molecular complexity index is 566. The van der Waals surface area contributed by atoms with Crippen molar-refractivity contribution in [3.63, 3.8) is 0 Å². The van der Waals surface area contributed by atoms with Crippen molar-refractivity contribution in [3.05, 3.63) is 63.6 Å². The van der Waals surface area contributed by atoms with Gasteiger partial charge in [0.15, 0.2) is 0 Å². The second-order valence-corrected chi connectivity index (χ2v) is 6.57. The van der Waals surface area contributed by atoms with E-state index in [0.29, 0.717) is 0 Å². The first-order valence-electron chi connectivity index (χ1n) is 6.22. The van der Waals surface area contributed by atoms with Crippen molar-refractivity contribution in [2.75, 3.05) is 0 Å². The lowest BCUT2D eigenvalue weighted by molar-refractivity contribution is 0.196. The summed E-state index contributed by atoms with van der Waals surface area (Å²) in [6.45, 7) is 3.91. The molecule has 0 bridgehead atoms. The van der Waals surface area contributed by atoms with Crippen LogP contribution in [0.25, 0.3) is 0 Å². The van der Waals surface area contributed by atoms with Crippen molar-refractivity contribution in [1.82, 2.24) is 0 Å². The van der Waals surface area contributed by atoms with Crippen LogP contribution in [-0.4, -0.2) is 5.11 Å². The van der Waals surface area contributed by atoms with Crippen molar-refractivity contribution < 1.29 is 5.11 Å². The van der Waals surface area contributed by atoms with Crippen molar-refractivity contribution in [2.45, 2.75) is 30.6 Å². The molecule has 1 N–H and O–H groups in total. The summed E-state index contributed by atoms with van der Waals surface area (Å²) >= 11 is 5.25. The van der Waals surface area contributed by atoms with Gasteiger partial charge in [0, 0.05) is 15.1 Å². The zero-order chi connectivity index (χ0) is 13.8. The maximum absolute atomic E-state index is 9.81. The minimum absolute atomic E-state index is 0.437. The predicted molar refractivity (Wildman–Crippen MR) is 85.5 cm³/mol. The number of aliphatic hydroxyl groups is 1. The molecule has 2 rings (SSSR count). The molecule has 0 amide bonds. The van der Waals surface area contributed by atoms with Crippen LogP contribution >= 0.6 is 27.7 Å². The third-order valence-electron chi connectivity index (χ3n) is 2.90. The SMILES string of the molecule is Cc1cccc(CSc2cc(Br)ccc2C(C)O)c1. The van der Waals surface area contributed by atoms with Crippen LogP contribution in [0.15, 0.2) is 51.8 Å². The average molecular weight is 337 g/mol. The van der Waals surface area contributed by atoms with E-state index in [2.05, 4.69) is 53.2 Å². The Morgan fingerprint density at radius 1 is 1.21 bits per heavy atom. The van der Waals surface area contributed by atoms with Gasteiger partial charge in [-0.25, -0.2) is 0 Å². The molecule has 0 aliphatic carbocycles. The molecule has 0 spiro atoms. The first-order valence-corrected chi connectivity index (χ1v) is 8.00. The highest BCUT2D eigenvalue weighted by Gasteiger charge is 2.09. The molecule has 3 heteroatoms. The second-order valence-electron chi connectivity index (χ2n) is 4.64. The van der Waals surface area contributed by atoms with Crippen LogP contribution in [0, 0.1) is 6.92 Å². The molecule has 0 fully saturated rings. The predicted octanol–water partition coefficient (Wildman–Crippen LogP) is 5.10. The lowest BCUT2D eigenvalue weighted by Crippen LogP contribution is -1.94. The van der Waals surface area contributed by atoms with Crippen LogP contribution < -0.4 is 0 Å². The van der Waals surface area contributed by atoms with Crippen molar-refractivity contribution in [3.8, 4) is 0 Å².